The molecule has 0 fully saturated rings. The maximum atomic E-state index is 9.58. The van der Waals surface area contributed by atoms with Crippen LogP contribution in [0.25, 0.3) is 0 Å². The second-order valence-electron chi connectivity index (χ2n) is 3.72. The first kappa shape index (κ1) is 10.8. The van der Waals surface area contributed by atoms with Crippen molar-refractivity contribution >= 4 is 23.2 Å². The zero-order valence-corrected chi connectivity index (χ0v) is 9.15. The molecule has 13 heavy (non-hydrogen) atoms. The first-order valence-corrected chi connectivity index (χ1v) is 4.80. The van der Waals surface area contributed by atoms with Crippen molar-refractivity contribution in [2.75, 3.05) is 0 Å². The van der Waals surface area contributed by atoms with Crippen LogP contribution in [-0.4, -0.2) is 10.7 Å². The summed E-state index contributed by atoms with van der Waals surface area (Å²) < 4.78 is 0. The summed E-state index contributed by atoms with van der Waals surface area (Å²) in [5, 5.41) is 10.9. The van der Waals surface area contributed by atoms with Gasteiger partial charge in [-0.05, 0) is 37.6 Å². The summed E-state index contributed by atoms with van der Waals surface area (Å²) >= 11 is 11.7. The zero-order chi connectivity index (χ0) is 10.1. The summed E-state index contributed by atoms with van der Waals surface area (Å²) in [6, 6.07) is 5.25. The molecule has 1 aromatic carbocycles. The Balaban J connectivity index is 2.94. The average molecular weight is 219 g/mol. The molecule has 0 radical (unpaired) electrons. The van der Waals surface area contributed by atoms with Crippen LogP contribution in [0.2, 0.25) is 10.0 Å². The van der Waals surface area contributed by atoms with Crippen molar-refractivity contribution in [2.45, 2.75) is 25.9 Å². The lowest BCUT2D eigenvalue weighted by Gasteiger charge is -2.17. The third-order valence-corrected chi connectivity index (χ3v) is 2.23. The van der Waals surface area contributed by atoms with Gasteiger partial charge in [0.25, 0.3) is 0 Å². The number of halogens is 2. The van der Waals surface area contributed by atoms with Crippen molar-refractivity contribution in [3.05, 3.63) is 33.8 Å². The Morgan fingerprint density at radius 2 is 1.92 bits per heavy atom. The third-order valence-electron chi connectivity index (χ3n) is 1.63. The lowest BCUT2D eigenvalue weighted by Crippen LogP contribution is -2.21. The molecule has 0 amide bonds. The van der Waals surface area contributed by atoms with Gasteiger partial charge in [-0.15, -0.1) is 0 Å². The van der Waals surface area contributed by atoms with Crippen LogP contribution < -0.4 is 0 Å². The fourth-order valence-corrected chi connectivity index (χ4v) is 1.52. The van der Waals surface area contributed by atoms with Gasteiger partial charge in [-0.2, -0.15) is 0 Å². The molecule has 0 spiro atoms. The highest BCUT2D eigenvalue weighted by atomic mass is 35.5. The van der Waals surface area contributed by atoms with Crippen LogP contribution in [0.5, 0.6) is 0 Å². The molecule has 0 unspecified atom stereocenters. The zero-order valence-electron chi connectivity index (χ0n) is 7.64. The molecule has 0 saturated heterocycles. The first-order chi connectivity index (χ1) is 5.88. The minimum Gasteiger partial charge on any atom is -0.390 e. The maximum absolute atomic E-state index is 9.58. The van der Waals surface area contributed by atoms with E-state index in [0.717, 1.165) is 5.56 Å². The smallest absolute Gasteiger partial charge is 0.0632 e. The molecule has 72 valence electrons. The van der Waals surface area contributed by atoms with Gasteiger partial charge >= 0.3 is 0 Å². The molecule has 1 aromatic rings. The van der Waals surface area contributed by atoms with E-state index in [1.807, 2.05) is 0 Å². The van der Waals surface area contributed by atoms with Crippen molar-refractivity contribution in [2.24, 2.45) is 0 Å². The van der Waals surface area contributed by atoms with Crippen LogP contribution in [0.4, 0.5) is 0 Å². The van der Waals surface area contributed by atoms with Gasteiger partial charge in [-0.3, -0.25) is 0 Å². The minimum absolute atomic E-state index is 0.506. The van der Waals surface area contributed by atoms with Crippen LogP contribution in [0.15, 0.2) is 18.2 Å². The second kappa shape index (κ2) is 3.87. The van der Waals surface area contributed by atoms with E-state index in [0.29, 0.717) is 16.5 Å². The molecular weight excluding hydrogens is 207 g/mol. The molecule has 3 heteroatoms. The lowest BCUT2D eigenvalue weighted by molar-refractivity contribution is 0.0810. The van der Waals surface area contributed by atoms with Crippen LogP contribution >= 0.6 is 23.2 Å². The van der Waals surface area contributed by atoms with Crippen LogP contribution in [-0.2, 0) is 6.42 Å². The average Bonchev–Trinajstić information content (AvgIpc) is 1.94. The summed E-state index contributed by atoms with van der Waals surface area (Å²) in [4.78, 5) is 0. The summed E-state index contributed by atoms with van der Waals surface area (Å²) in [5.74, 6) is 0. The molecule has 0 atom stereocenters. The second-order valence-corrected chi connectivity index (χ2v) is 4.57. The fourth-order valence-electron chi connectivity index (χ4n) is 1.14. The van der Waals surface area contributed by atoms with Gasteiger partial charge in [0.15, 0.2) is 0 Å². The maximum Gasteiger partial charge on any atom is 0.0632 e. The van der Waals surface area contributed by atoms with E-state index >= 15 is 0 Å². The summed E-state index contributed by atoms with van der Waals surface area (Å²) in [6.45, 7) is 3.48. The summed E-state index contributed by atoms with van der Waals surface area (Å²) in [7, 11) is 0. The van der Waals surface area contributed by atoms with E-state index in [1.54, 1.807) is 32.0 Å². The Bertz CT molecular complexity index is 302. The lowest BCUT2D eigenvalue weighted by atomic mass is 9.99. The highest BCUT2D eigenvalue weighted by molar-refractivity contribution is 6.33. The number of hydrogen-bond acceptors (Lipinski definition) is 1. The number of hydrogen-bond donors (Lipinski definition) is 1. The molecule has 0 aliphatic heterocycles. The standard InChI is InChI=1S/C10H12Cl2O/c1-10(2,13)6-7-5-8(11)3-4-9(7)12/h3-5,13H,6H2,1-2H3. The van der Waals surface area contributed by atoms with Gasteiger partial charge in [0, 0.05) is 16.5 Å². The Kier molecular flexibility index (Phi) is 3.23. The van der Waals surface area contributed by atoms with E-state index in [1.165, 1.54) is 0 Å². The molecule has 0 aliphatic rings. The molecule has 0 aliphatic carbocycles. The van der Waals surface area contributed by atoms with Crippen molar-refractivity contribution in [3.63, 3.8) is 0 Å². The quantitative estimate of drug-likeness (QED) is 0.808. The molecule has 0 heterocycles. The summed E-state index contributed by atoms with van der Waals surface area (Å²) in [6.07, 6.45) is 0.506. The Morgan fingerprint density at radius 1 is 1.31 bits per heavy atom. The van der Waals surface area contributed by atoms with Gasteiger partial charge in [-0.25, -0.2) is 0 Å². The van der Waals surface area contributed by atoms with Gasteiger partial charge in [-0.1, -0.05) is 23.2 Å². The Hall–Kier alpha value is -0.240. The normalized spacial score (nSPS) is 11.8. The number of rotatable bonds is 2. The van der Waals surface area contributed by atoms with Crippen molar-refractivity contribution in [3.8, 4) is 0 Å². The summed E-state index contributed by atoms with van der Waals surface area (Å²) in [5.41, 5.74) is 0.121. The monoisotopic (exact) mass is 218 g/mol. The molecular formula is C10H12Cl2O. The van der Waals surface area contributed by atoms with Crippen molar-refractivity contribution in [1.29, 1.82) is 0 Å². The topological polar surface area (TPSA) is 20.2 Å². The molecule has 1 nitrogen and oxygen atoms in total. The first-order valence-electron chi connectivity index (χ1n) is 4.05. The van der Waals surface area contributed by atoms with Gasteiger partial charge in [0.1, 0.15) is 0 Å². The van der Waals surface area contributed by atoms with E-state index in [4.69, 9.17) is 23.2 Å². The Morgan fingerprint density at radius 3 is 2.46 bits per heavy atom. The Labute approximate surface area is 88.3 Å². The predicted octanol–water partition coefficient (Wildman–Crippen LogP) is 3.31. The van der Waals surface area contributed by atoms with Crippen molar-refractivity contribution < 1.29 is 5.11 Å². The van der Waals surface area contributed by atoms with Crippen molar-refractivity contribution in [1.82, 2.24) is 0 Å². The van der Waals surface area contributed by atoms with Crippen LogP contribution in [0, 0.1) is 0 Å². The fraction of sp³-hybridized carbons (Fsp3) is 0.400. The largest absolute Gasteiger partial charge is 0.390 e. The van der Waals surface area contributed by atoms with E-state index in [-0.39, 0.29) is 0 Å². The molecule has 0 bridgehead atoms. The molecule has 1 rings (SSSR count). The number of benzene rings is 1. The van der Waals surface area contributed by atoms with Crippen LogP contribution in [0.1, 0.15) is 19.4 Å². The van der Waals surface area contributed by atoms with Gasteiger partial charge < -0.3 is 5.11 Å². The molecule has 0 aromatic heterocycles. The minimum atomic E-state index is -0.756. The van der Waals surface area contributed by atoms with E-state index in [9.17, 15) is 5.11 Å². The number of aliphatic hydroxyl groups is 1. The van der Waals surface area contributed by atoms with E-state index in [2.05, 4.69) is 0 Å². The highest BCUT2D eigenvalue weighted by Crippen LogP contribution is 2.24. The van der Waals surface area contributed by atoms with Gasteiger partial charge in [0.2, 0.25) is 0 Å². The third kappa shape index (κ3) is 3.55. The van der Waals surface area contributed by atoms with E-state index < -0.39 is 5.60 Å². The molecule has 1 N–H and O–H groups in total. The predicted molar refractivity (Wildman–Crippen MR) is 56.5 cm³/mol. The SMILES string of the molecule is CC(C)(O)Cc1cc(Cl)ccc1Cl. The molecule has 0 saturated carbocycles. The van der Waals surface area contributed by atoms with Gasteiger partial charge in [0.05, 0.1) is 5.60 Å². The van der Waals surface area contributed by atoms with Crippen LogP contribution in [0.3, 0.4) is 0 Å². The highest BCUT2D eigenvalue weighted by Gasteiger charge is 2.15.